The summed E-state index contributed by atoms with van der Waals surface area (Å²) in [6.45, 7) is 4.10. The molecule has 0 fully saturated rings. The number of allylic oxidation sites excluding steroid dienone is 2. The Morgan fingerprint density at radius 1 is 1.67 bits per heavy atom. The van der Waals surface area contributed by atoms with Gasteiger partial charge in [0.05, 0.1) is 0 Å². The molecule has 1 atom stereocenters. The Morgan fingerprint density at radius 3 is 2.17 bits per heavy atom. The first-order chi connectivity index (χ1) is 2.77. The molecule has 0 aliphatic heterocycles. The van der Waals surface area contributed by atoms with E-state index in [4.69, 9.17) is 0 Å². The topological polar surface area (TPSA) is 0 Å². The molecule has 36 valence electrons. The molecule has 0 nitrogen and oxygen atoms in total. The predicted molar refractivity (Wildman–Crippen MR) is 33.2 cm³/mol. The molecule has 0 N–H and O–H groups in total. The van der Waals surface area contributed by atoms with Crippen molar-refractivity contribution in [1.82, 2.24) is 0 Å². The van der Waals surface area contributed by atoms with Crippen molar-refractivity contribution in [3.63, 3.8) is 0 Å². The summed E-state index contributed by atoms with van der Waals surface area (Å²) in [5.41, 5.74) is 0. The molecule has 0 aromatic heterocycles. The van der Waals surface area contributed by atoms with Crippen LogP contribution in [0.2, 0.25) is 0 Å². The van der Waals surface area contributed by atoms with E-state index in [1.54, 1.807) is 0 Å². The van der Waals surface area contributed by atoms with Gasteiger partial charge in [0, 0.05) is 4.83 Å². The van der Waals surface area contributed by atoms with Gasteiger partial charge in [-0.1, -0.05) is 28.1 Å². The number of halogens is 1. The van der Waals surface area contributed by atoms with Crippen molar-refractivity contribution >= 4 is 15.9 Å². The molecular formula is C5H9Br. The fraction of sp³-hybridized carbons (Fsp3) is 0.600. The number of alkyl halides is 1. The summed E-state index contributed by atoms with van der Waals surface area (Å²) >= 11 is 3.35. The van der Waals surface area contributed by atoms with E-state index in [9.17, 15) is 0 Å². The van der Waals surface area contributed by atoms with Crippen molar-refractivity contribution in [2.24, 2.45) is 0 Å². The van der Waals surface area contributed by atoms with Gasteiger partial charge in [-0.2, -0.15) is 0 Å². The first-order valence-electron chi connectivity index (χ1n) is 2.04. The fourth-order valence-electron chi connectivity index (χ4n) is 0.265. The van der Waals surface area contributed by atoms with E-state index in [1.807, 2.05) is 13.0 Å². The minimum Gasteiger partial charge on any atom is -0.0906 e. The summed E-state index contributed by atoms with van der Waals surface area (Å²) in [4.78, 5) is 0.530. The van der Waals surface area contributed by atoms with Gasteiger partial charge in [-0.3, -0.25) is 0 Å². The second kappa shape index (κ2) is 3.41. The van der Waals surface area contributed by atoms with Crippen LogP contribution >= 0.6 is 15.9 Å². The Hall–Kier alpha value is 0.220. The lowest BCUT2D eigenvalue weighted by atomic mass is 10.4. The molecule has 0 aliphatic carbocycles. The molecule has 0 spiro atoms. The second-order valence-electron chi connectivity index (χ2n) is 1.20. The van der Waals surface area contributed by atoms with E-state index in [-0.39, 0.29) is 0 Å². The van der Waals surface area contributed by atoms with Crippen molar-refractivity contribution < 1.29 is 0 Å². The predicted octanol–water partition coefficient (Wildman–Crippen LogP) is 2.35. The van der Waals surface area contributed by atoms with Crippen LogP contribution in [0.1, 0.15) is 13.8 Å². The number of hydrogen-bond donors (Lipinski definition) is 0. The summed E-state index contributed by atoms with van der Waals surface area (Å²) in [7, 11) is 0. The fourth-order valence-corrected chi connectivity index (χ4v) is 0.570. The van der Waals surface area contributed by atoms with Crippen LogP contribution in [0, 0.1) is 0 Å². The second-order valence-corrected chi connectivity index (χ2v) is 2.65. The molecule has 0 aromatic rings. The van der Waals surface area contributed by atoms with Crippen LogP contribution < -0.4 is 0 Å². The monoisotopic (exact) mass is 148 g/mol. The van der Waals surface area contributed by atoms with E-state index in [1.165, 1.54) is 0 Å². The Labute approximate surface area is 47.4 Å². The maximum atomic E-state index is 3.35. The zero-order valence-corrected chi connectivity index (χ0v) is 5.70. The van der Waals surface area contributed by atoms with E-state index >= 15 is 0 Å². The van der Waals surface area contributed by atoms with Crippen molar-refractivity contribution in [3.8, 4) is 0 Å². The van der Waals surface area contributed by atoms with Gasteiger partial charge in [0.2, 0.25) is 0 Å². The van der Waals surface area contributed by atoms with Crippen LogP contribution in [0.15, 0.2) is 12.2 Å². The van der Waals surface area contributed by atoms with Crippen LogP contribution in [0.4, 0.5) is 0 Å². The third-order valence-corrected chi connectivity index (χ3v) is 0.763. The largest absolute Gasteiger partial charge is 0.0906 e. The first-order valence-corrected chi connectivity index (χ1v) is 2.96. The minimum atomic E-state index is 0.530. The van der Waals surface area contributed by atoms with Crippen LogP contribution in [0.5, 0.6) is 0 Å². The molecule has 0 rings (SSSR count). The lowest BCUT2D eigenvalue weighted by Crippen LogP contribution is -1.76. The van der Waals surface area contributed by atoms with E-state index in [2.05, 4.69) is 28.9 Å². The standard InChI is InChI=1S/C5H9Br/c1-3-4-5(2)6/h3-5H,1-2H3/b4-3+. The zero-order chi connectivity index (χ0) is 4.99. The molecular weight excluding hydrogens is 140 g/mol. The maximum absolute atomic E-state index is 3.35. The molecule has 0 aliphatic rings. The lowest BCUT2D eigenvalue weighted by molar-refractivity contribution is 1.27. The highest BCUT2D eigenvalue weighted by Crippen LogP contribution is 1.96. The Kier molecular flexibility index (Phi) is 3.54. The molecule has 0 saturated heterocycles. The van der Waals surface area contributed by atoms with Crippen molar-refractivity contribution in [3.05, 3.63) is 12.2 Å². The summed E-state index contributed by atoms with van der Waals surface area (Å²) in [5, 5.41) is 0. The average Bonchev–Trinajstić information content (AvgIpc) is 1.35. The molecule has 0 aromatic carbocycles. The first kappa shape index (κ1) is 6.22. The summed E-state index contributed by atoms with van der Waals surface area (Å²) in [5.74, 6) is 0. The van der Waals surface area contributed by atoms with Crippen LogP contribution in [0.25, 0.3) is 0 Å². The third kappa shape index (κ3) is 4.22. The van der Waals surface area contributed by atoms with Gasteiger partial charge in [0.1, 0.15) is 0 Å². The zero-order valence-electron chi connectivity index (χ0n) is 4.11. The van der Waals surface area contributed by atoms with Crippen molar-refractivity contribution in [1.29, 1.82) is 0 Å². The van der Waals surface area contributed by atoms with E-state index in [0.717, 1.165) is 0 Å². The Bertz CT molecular complexity index is 45.9. The lowest BCUT2D eigenvalue weighted by Gasteiger charge is -1.84. The van der Waals surface area contributed by atoms with Gasteiger partial charge in [-0.25, -0.2) is 0 Å². The smallest absolute Gasteiger partial charge is 0.0296 e. The molecule has 0 amide bonds. The number of rotatable bonds is 1. The quantitative estimate of drug-likeness (QED) is 0.396. The van der Waals surface area contributed by atoms with Gasteiger partial charge in [0.25, 0.3) is 0 Å². The summed E-state index contributed by atoms with van der Waals surface area (Å²) in [6, 6.07) is 0. The van der Waals surface area contributed by atoms with Crippen LogP contribution in [0.3, 0.4) is 0 Å². The molecule has 0 bridgehead atoms. The SMILES string of the molecule is C/C=C/C(C)Br. The Morgan fingerprint density at radius 2 is 2.17 bits per heavy atom. The molecule has 6 heavy (non-hydrogen) atoms. The van der Waals surface area contributed by atoms with Gasteiger partial charge >= 0.3 is 0 Å². The molecule has 0 saturated carbocycles. The molecule has 1 unspecified atom stereocenters. The van der Waals surface area contributed by atoms with Crippen LogP contribution in [-0.4, -0.2) is 4.83 Å². The van der Waals surface area contributed by atoms with Gasteiger partial charge in [-0.15, -0.1) is 0 Å². The summed E-state index contributed by atoms with van der Waals surface area (Å²) < 4.78 is 0. The van der Waals surface area contributed by atoms with Gasteiger partial charge in [0.15, 0.2) is 0 Å². The minimum absolute atomic E-state index is 0.530. The highest BCUT2D eigenvalue weighted by Gasteiger charge is 1.79. The molecule has 0 heterocycles. The van der Waals surface area contributed by atoms with E-state index in [0.29, 0.717) is 4.83 Å². The third-order valence-electron chi connectivity index (χ3n) is 0.458. The number of hydrogen-bond acceptors (Lipinski definition) is 0. The average molecular weight is 149 g/mol. The van der Waals surface area contributed by atoms with Crippen LogP contribution in [-0.2, 0) is 0 Å². The molecule has 0 radical (unpaired) electrons. The Balaban J connectivity index is 3.03. The highest BCUT2D eigenvalue weighted by molar-refractivity contribution is 9.09. The van der Waals surface area contributed by atoms with E-state index < -0.39 is 0 Å². The van der Waals surface area contributed by atoms with Gasteiger partial charge < -0.3 is 0 Å². The highest BCUT2D eigenvalue weighted by atomic mass is 79.9. The maximum Gasteiger partial charge on any atom is 0.0296 e. The normalized spacial score (nSPS) is 15.8. The molecule has 1 heteroatoms. The summed E-state index contributed by atoms with van der Waals surface area (Å²) in [6.07, 6.45) is 4.11. The van der Waals surface area contributed by atoms with Crippen molar-refractivity contribution in [2.75, 3.05) is 0 Å². The van der Waals surface area contributed by atoms with Crippen molar-refractivity contribution in [2.45, 2.75) is 18.7 Å². The van der Waals surface area contributed by atoms with Gasteiger partial charge in [-0.05, 0) is 13.8 Å².